The lowest BCUT2D eigenvalue weighted by Gasteiger charge is -2.33. The molecule has 0 unspecified atom stereocenters. The molecule has 2 aliphatic heterocycles. The lowest BCUT2D eigenvalue weighted by atomic mass is 9.82. The molecule has 0 radical (unpaired) electrons. The molecule has 5 aromatic rings. The summed E-state index contributed by atoms with van der Waals surface area (Å²) < 4.78 is 0. The molecule has 1 amide bonds. The Morgan fingerprint density at radius 3 is 2.22 bits per heavy atom. The molecule has 0 atom stereocenters. The Kier molecular flexibility index (Phi) is 10.2. The highest BCUT2D eigenvalue weighted by Gasteiger charge is 2.47. The van der Waals surface area contributed by atoms with Crippen molar-refractivity contribution in [1.82, 2.24) is 24.8 Å². The van der Waals surface area contributed by atoms with Gasteiger partial charge in [0.25, 0.3) is 0 Å². The summed E-state index contributed by atoms with van der Waals surface area (Å²) in [6.07, 6.45) is 17.6. The smallest absolute Gasteiger partial charge is 0.233 e. The number of hydrogen-bond donors (Lipinski definition) is 1. The maximum absolute atomic E-state index is 14.2. The molecular weight excluding hydrogens is 615 g/mol. The fourth-order valence-electron chi connectivity index (χ4n) is 8.60. The number of carbonyl (C=O) groups is 1. The predicted octanol–water partition coefficient (Wildman–Crippen LogP) is 8.78. The van der Waals surface area contributed by atoms with E-state index in [9.17, 15) is 4.79 Å². The highest BCUT2D eigenvalue weighted by molar-refractivity contribution is 5.94. The SMILES string of the molecule is Cc1cc(C)cc(-c2[nH]c3ccc(C(C)(C)C(=O)N4C5CCC4CC5)cc3c2CCN(CCCCc2ccncc2)CCc2cccnc2)c1. The molecular formula is C44H53N5O. The summed E-state index contributed by atoms with van der Waals surface area (Å²) in [5.74, 6) is 0.293. The van der Waals surface area contributed by atoms with Gasteiger partial charge in [-0.25, -0.2) is 0 Å². The van der Waals surface area contributed by atoms with E-state index < -0.39 is 5.41 Å². The molecule has 2 fully saturated rings. The van der Waals surface area contributed by atoms with E-state index in [1.54, 1.807) is 0 Å². The van der Waals surface area contributed by atoms with E-state index in [1.165, 1.54) is 44.5 Å². The number of amides is 1. The van der Waals surface area contributed by atoms with Crippen LogP contribution in [0.2, 0.25) is 0 Å². The van der Waals surface area contributed by atoms with Gasteiger partial charge in [0.2, 0.25) is 5.91 Å². The van der Waals surface area contributed by atoms with Gasteiger partial charge in [-0.15, -0.1) is 0 Å². The third-order valence-electron chi connectivity index (χ3n) is 11.4. The Hall–Kier alpha value is -4.29. The van der Waals surface area contributed by atoms with Gasteiger partial charge in [-0.1, -0.05) is 29.3 Å². The third kappa shape index (κ3) is 7.41. The van der Waals surface area contributed by atoms with Crippen molar-refractivity contribution in [3.63, 3.8) is 0 Å². The molecule has 0 spiro atoms. The van der Waals surface area contributed by atoms with Crippen LogP contribution in [0.5, 0.6) is 0 Å². The van der Waals surface area contributed by atoms with Gasteiger partial charge < -0.3 is 14.8 Å². The zero-order chi connectivity index (χ0) is 34.7. The van der Waals surface area contributed by atoms with Crippen molar-refractivity contribution in [1.29, 1.82) is 0 Å². The second-order valence-corrected chi connectivity index (χ2v) is 15.4. The molecule has 2 saturated heterocycles. The average molecular weight is 668 g/mol. The summed E-state index contributed by atoms with van der Waals surface area (Å²) in [6, 6.07) is 22.9. The Labute approximate surface area is 298 Å². The largest absolute Gasteiger partial charge is 0.354 e. The van der Waals surface area contributed by atoms with E-state index >= 15 is 0 Å². The van der Waals surface area contributed by atoms with Crippen LogP contribution in [-0.2, 0) is 29.5 Å². The number of aromatic nitrogens is 3. The molecule has 0 aliphatic carbocycles. The summed E-state index contributed by atoms with van der Waals surface area (Å²) in [6.45, 7) is 11.6. The fraction of sp³-hybridized carbons (Fsp3) is 0.432. The lowest BCUT2D eigenvalue weighted by Crippen LogP contribution is -2.45. The molecule has 5 heterocycles. The molecule has 2 bridgehead atoms. The van der Waals surface area contributed by atoms with Crippen LogP contribution in [-0.4, -0.2) is 62.4 Å². The van der Waals surface area contributed by atoms with Gasteiger partial charge in [0.1, 0.15) is 0 Å². The minimum Gasteiger partial charge on any atom is -0.354 e. The van der Waals surface area contributed by atoms with Crippen molar-refractivity contribution in [3.05, 3.63) is 119 Å². The van der Waals surface area contributed by atoms with Crippen molar-refractivity contribution in [2.45, 2.75) is 103 Å². The second-order valence-electron chi connectivity index (χ2n) is 15.4. The summed E-state index contributed by atoms with van der Waals surface area (Å²) in [7, 11) is 0. The standard InChI is InChI=1S/C44H53N5O/c1-31-26-32(2)28-35(27-31)42-39(19-25-48(24-18-34-9-7-20-46-30-34)23-6-5-8-33-16-21-45-22-17-33)40-29-36(10-15-41(40)47-42)44(3,4)43(50)49-37-11-12-38(49)14-13-37/h7,9-10,15-17,20-22,26-30,37-38,47H,5-6,8,11-14,18-19,23-25H2,1-4H3. The Balaban J connectivity index is 1.17. The maximum Gasteiger partial charge on any atom is 0.233 e. The van der Waals surface area contributed by atoms with Gasteiger partial charge in [-0.3, -0.25) is 14.8 Å². The summed E-state index contributed by atoms with van der Waals surface area (Å²) in [4.78, 5) is 31.5. The van der Waals surface area contributed by atoms with Gasteiger partial charge in [0.05, 0.1) is 5.41 Å². The lowest BCUT2D eigenvalue weighted by molar-refractivity contribution is -0.137. The zero-order valence-corrected chi connectivity index (χ0v) is 30.4. The summed E-state index contributed by atoms with van der Waals surface area (Å²) >= 11 is 0. The average Bonchev–Trinajstić information content (AvgIpc) is 3.83. The van der Waals surface area contributed by atoms with Crippen LogP contribution in [0.1, 0.15) is 85.8 Å². The number of pyridine rings is 2. The number of aromatic amines is 1. The summed E-state index contributed by atoms with van der Waals surface area (Å²) in [5, 5.41) is 1.24. The van der Waals surface area contributed by atoms with Crippen LogP contribution in [0.3, 0.4) is 0 Å². The first-order chi connectivity index (χ1) is 24.3. The van der Waals surface area contributed by atoms with E-state index in [4.69, 9.17) is 0 Å². The van der Waals surface area contributed by atoms with Crippen molar-refractivity contribution in [2.24, 2.45) is 0 Å². The molecule has 7 rings (SSSR count). The monoisotopic (exact) mass is 667 g/mol. The molecule has 2 aromatic carbocycles. The molecule has 0 saturated carbocycles. The van der Waals surface area contributed by atoms with E-state index in [2.05, 4.69) is 107 Å². The van der Waals surface area contributed by atoms with Gasteiger partial charge in [0.15, 0.2) is 0 Å². The number of unbranched alkanes of at least 4 members (excludes halogenated alkanes) is 1. The number of carbonyl (C=O) groups excluding carboxylic acids is 1. The number of benzene rings is 2. The molecule has 6 nitrogen and oxygen atoms in total. The van der Waals surface area contributed by atoms with Gasteiger partial charge in [-0.05, 0) is 162 Å². The third-order valence-corrected chi connectivity index (χ3v) is 11.4. The van der Waals surface area contributed by atoms with Crippen LogP contribution in [0, 0.1) is 13.8 Å². The van der Waals surface area contributed by atoms with Crippen molar-refractivity contribution >= 4 is 16.8 Å². The Morgan fingerprint density at radius 2 is 1.52 bits per heavy atom. The highest BCUT2D eigenvalue weighted by Crippen LogP contribution is 2.42. The summed E-state index contributed by atoms with van der Waals surface area (Å²) in [5.41, 5.74) is 10.6. The number of nitrogens with zero attached hydrogens (tertiary/aromatic N) is 4. The van der Waals surface area contributed by atoms with Crippen molar-refractivity contribution in [2.75, 3.05) is 19.6 Å². The topological polar surface area (TPSA) is 65.1 Å². The van der Waals surface area contributed by atoms with Crippen LogP contribution >= 0.6 is 0 Å². The van der Waals surface area contributed by atoms with Gasteiger partial charge in [-0.2, -0.15) is 0 Å². The zero-order valence-electron chi connectivity index (χ0n) is 30.4. The first-order valence-corrected chi connectivity index (χ1v) is 18.8. The Bertz CT molecular complexity index is 1870. The number of hydrogen-bond acceptors (Lipinski definition) is 4. The number of rotatable bonds is 14. The normalized spacial score (nSPS) is 17.3. The number of aryl methyl sites for hydroxylation is 3. The van der Waals surface area contributed by atoms with E-state index in [-0.39, 0.29) is 0 Å². The van der Waals surface area contributed by atoms with Crippen LogP contribution in [0.25, 0.3) is 22.2 Å². The Morgan fingerprint density at radius 1 is 0.800 bits per heavy atom. The first kappa shape index (κ1) is 34.2. The molecule has 50 heavy (non-hydrogen) atoms. The van der Waals surface area contributed by atoms with E-state index in [0.717, 1.165) is 88.5 Å². The highest BCUT2D eigenvalue weighted by atomic mass is 16.2. The minimum absolute atomic E-state index is 0.293. The van der Waals surface area contributed by atoms with E-state index in [1.807, 2.05) is 30.9 Å². The molecule has 6 heteroatoms. The van der Waals surface area contributed by atoms with Crippen LogP contribution in [0.15, 0.2) is 85.5 Å². The van der Waals surface area contributed by atoms with Crippen LogP contribution < -0.4 is 0 Å². The fourth-order valence-corrected chi connectivity index (χ4v) is 8.60. The number of H-pyrrole nitrogens is 1. The molecule has 2 aliphatic rings. The first-order valence-electron chi connectivity index (χ1n) is 18.8. The van der Waals surface area contributed by atoms with Gasteiger partial charge >= 0.3 is 0 Å². The van der Waals surface area contributed by atoms with Crippen molar-refractivity contribution < 1.29 is 4.79 Å². The number of nitrogens with one attached hydrogen (secondary N) is 1. The quantitative estimate of drug-likeness (QED) is 0.120. The van der Waals surface area contributed by atoms with Crippen molar-refractivity contribution in [3.8, 4) is 11.3 Å². The molecule has 260 valence electrons. The number of fused-ring (bicyclic) bond motifs is 3. The van der Waals surface area contributed by atoms with E-state index in [0.29, 0.717) is 18.0 Å². The molecule has 3 aromatic heterocycles. The minimum atomic E-state index is -0.585. The second kappa shape index (κ2) is 14.9. The predicted molar refractivity (Wildman–Crippen MR) is 204 cm³/mol. The van der Waals surface area contributed by atoms with Crippen LogP contribution in [0.4, 0.5) is 0 Å². The van der Waals surface area contributed by atoms with Gasteiger partial charge in [0, 0.05) is 66.6 Å². The maximum atomic E-state index is 14.2. The molecule has 1 N–H and O–H groups in total.